The molecule has 2 aromatic rings. The second-order valence-corrected chi connectivity index (χ2v) is 7.14. The summed E-state index contributed by atoms with van der Waals surface area (Å²) in [4.78, 5) is 26.3. The number of carbonyl (C=O) groups is 2. The molecule has 0 bridgehead atoms. The van der Waals surface area contributed by atoms with Gasteiger partial charge in [0.15, 0.2) is 0 Å². The van der Waals surface area contributed by atoms with Crippen LogP contribution in [-0.2, 0) is 9.59 Å². The van der Waals surface area contributed by atoms with Crippen molar-refractivity contribution >= 4 is 39.6 Å². The molecule has 1 N–H and O–H groups in total. The Labute approximate surface area is 171 Å². The summed E-state index contributed by atoms with van der Waals surface area (Å²) in [5, 5.41) is 4.01. The predicted molar refractivity (Wildman–Crippen MR) is 110 cm³/mol. The van der Waals surface area contributed by atoms with E-state index < -0.39 is 5.92 Å². The van der Waals surface area contributed by atoms with Crippen molar-refractivity contribution in [2.24, 2.45) is 11.0 Å². The molecular weight excluding hydrogens is 426 g/mol. The third-order valence-electron chi connectivity index (χ3n) is 4.45. The molecule has 3 rings (SSSR count). The second-order valence-electron chi connectivity index (χ2n) is 6.22. The Morgan fingerprint density at radius 3 is 2.64 bits per heavy atom. The highest BCUT2D eigenvalue weighted by Crippen LogP contribution is 2.26. The Hall–Kier alpha value is -2.87. The summed E-state index contributed by atoms with van der Waals surface area (Å²) >= 11 is 3.37. The van der Waals surface area contributed by atoms with Crippen LogP contribution in [0.25, 0.3) is 0 Å². The summed E-state index contributed by atoms with van der Waals surface area (Å²) < 4.78 is 11.4. The first-order chi connectivity index (χ1) is 13.5. The van der Waals surface area contributed by atoms with E-state index in [1.54, 1.807) is 37.3 Å². The first-order valence-corrected chi connectivity index (χ1v) is 9.42. The number of rotatable bonds is 6. The Kier molecular flexibility index (Phi) is 6.30. The number of methoxy groups -OCH3 is 2. The molecule has 2 amide bonds. The van der Waals surface area contributed by atoms with Crippen LogP contribution >= 0.6 is 15.9 Å². The lowest BCUT2D eigenvalue weighted by atomic mass is 10.1. The standard InChI is InChI=1S/C20H20BrN3O4/c1-27-17-7-8-18(28-2)13(9-17)11-22-23-20(26)14-10-19(25)24(12-14)16-5-3-15(21)4-6-16/h3-9,11,14H,10,12H2,1-2H3,(H,23,26)/b22-11-/t14-/m0/s1. The van der Waals surface area contributed by atoms with Crippen molar-refractivity contribution in [2.45, 2.75) is 6.42 Å². The number of amides is 2. The van der Waals surface area contributed by atoms with Gasteiger partial charge in [-0.15, -0.1) is 0 Å². The van der Waals surface area contributed by atoms with E-state index >= 15 is 0 Å². The average molecular weight is 446 g/mol. The number of hydrazone groups is 1. The van der Waals surface area contributed by atoms with E-state index in [0.717, 1.165) is 10.2 Å². The lowest BCUT2D eigenvalue weighted by Crippen LogP contribution is -2.30. The molecule has 0 aromatic heterocycles. The molecule has 1 aliphatic heterocycles. The third-order valence-corrected chi connectivity index (χ3v) is 4.98. The van der Waals surface area contributed by atoms with Crippen molar-refractivity contribution < 1.29 is 19.1 Å². The van der Waals surface area contributed by atoms with E-state index in [0.29, 0.717) is 23.6 Å². The fraction of sp³-hybridized carbons (Fsp3) is 0.250. The molecule has 7 nitrogen and oxygen atoms in total. The monoisotopic (exact) mass is 445 g/mol. The number of benzene rings is 2. The van der Waals surface area contributed by atoms with E-state index in [-0.39, 0.29) is 18.2 Å². The summed E-state index contributed by atoms with van der Waals surface area (Å²) in [7, 11) is 3.12. The SMILES string of the molecule is COc1ccc(OC)c(/C=N\NC(=O)[C@H]2CC(=O)N(c3ccc(Br)cc3)C2)c1. The average Bonchev–Trinajstić information content (AvgIpc) is 3.10. The highest BCUT2D eigenvalue weighted by molar-refractivity contribution is 9.10. The number of nitrogens with zero attached hydrogens (tertiary/aromatic N) is 2. The van der Waals surface area contributed by atoms with E-state index in [2.05, 4.69) is 26.5 Å². The highest BCUT2D eigenvalue weighted by atomic mass is 79.9. The molecule has 0 aliphatic carbocycles. The Balaban J connectivity index is 1.63. The van der Waals surface area contributed by atoms with Crippen molar-refractivity contribution in [1.82, 2.24) is 5.43 Å². The Morgan fingerprint density at radius 2 is 1.96 bits per heavy atom. The van der Waals surface area contributed by atoms with Crippen LogP contribution in [0.1, 0.15) is 12.0 Å². The van der Waals surface area contributed by atoms with Gasteiger partial charge in [0.2, 0.25) is 11.8 Å². The zero-order valence-corrected chi connectivity index (χ0v) is 17.1. The van der Waals surface area contributed by atoms with Gasteiger partial charge in [0.1, 0.15) is 11.5 Å². The third kappa shape index (κ3) is 4.51. The van der Waals surface area contributed by atoms with Gasteiger partial charge in [0.05, 0.1) is 26.4 Å². The van der Waals surface area contributed by atoms with Crippen LogP contribution in [0, 0.1) is 5.92 Å². The number of anilines is 1. The molecule has 146 valence electrons. The number of nitrogens with one attached hydrogen (secondary N) is 1. The maximum absolute atomic E-state index is 12.4. The van der Waals surface area contributed by atoms with Crippen LogP contribution in [-0.4, -0.2) is 38.8 Å². The maximum atomic E-state index is 12.4. The number of hydrogen-bond donors (Lipinski definition) is 1. The van der Waals surface area contributed by atoms with Gasteiger partial charge in [-0.3, -0.25) is 9.59 Å². The zero-order chi connectivity index (χ0) is 20.1. The van der Waals surface area contributed by atoms with Crippen molar-refractivity contribution in [1.29, 1.82) is 0 Å². The van der Waals surface area contributed by atoms with Crippen LogP contribution < -0.4 is 19.8 Å². The maximum Gasteiger partial charge on any atom is 0.245 e. The normalized spacial score (nSPS) is 16.5. The molecule has 1 aliphatic rings. The molecule has 1 heterocycles. The van der Waals surface area contributed by atoms with Gasteiger partial charge in [-0.05, 0) is 42.5 Å². The van der Waals surface area contributed by atoms with Gasteiger partial charge in [0, 0.05) is 28.7 Å². The molecule has 1 fully saturated rings. The van der Waals surface area contributed by atoms with E-state index in [1.165, 1.54) is 6.21 Å². The summed E-state index contributed by atoms with van der Waals surface area (Å²) in [5.41, 5.74) is 3.95. The molecule has 1 atom stereocenters. The summed E-state index contributed by atoms with van der Waals surface area (Å²) in [6.07, 6.45) is 1.64. The number of hydrogen-bond acceptors (Lipinski definition) is 5. The van der Waals surface area contributed by atoms with E-state index in [4.69, 9.17) is 9.47 Å². The van der Waals surface area contributed by atoms with Crippen LogP contribution in [0.2, 0.25) is 0 Å². The lowest BCUT2D eigenvalue weighted by Gasteiger charge is -2.16. The summed E-state index contributed by atoms with van der Waals surface area (Å²) in [6, 6.07) is 12.7. The quantitative estimate of drug-likeness (QED) is 0.547. The first-order valence-electron chi connectivity index (χ1n) is 8.62. The highest BCUT2D eigenvalue weighted by Gasteiger charge is 2.35. The number of ether oxygens (including phenoxy) is 2. The van der Waals surface area contributed by atoms with Crippen molar-refractivity contribution in [2.75, 3.05) is 25.7 Å². The Bertz CT molecular complexity index is 899. The fourth-order valence-corrected chi connectivity index (χ4v) is 3.22. The van der Waals surface area contributed by atoms with Crippen LogP contribution in [0.3, 0.4) is 0 Å². The largest absolute Gasteiger partial charge is 0.497 e. The molecule has 28 heavy (non-hydrogen) atoms. The number of carbonyl (C=O) groups excluding carboxylic acids is 2. The smallest absolute Gasteiger partial charge is 0.245 e. The van der Waals surface area contributed by atoms with Gasteiger partial charge in [-0.25, -0.2) is 5.43 Å². The minimum Gasteiger partial charge on any atom is -0.497 e. The minimum absolute atomic E-state index is 0.0825. The van der Waals surface area contributed by atoms with Gasteiger partial charge < -0.3 is 14.4 Å². The molecule has 0 saturated carbocycles. The zero-order valence-electron chi connectivity index (χ0n) is 15.5. The van der Waals surface area contributed by atoms with E-state index in [1.807, 2.05) is 24.3 Å². The van der Waals surface area contributed by atoms with Gasteiger partial charge in [-0.2, -0.15) is 5.10 Å². The van der Waals surface area contributed by atoms with Gasteiger partial charge in [-0.1, -0.05) is 15.9 Å². The fourth-order valence-electron chi connectivity index (χ4n) is 2.95. The van der Waals surface area contributed by atoms with Crippen molar-refractivity contribution in [3.63, 3.8) is 0 Å². The molecule has 0 unspecified atom stereocenters. The molecule has 0 spiro atoms. The molecule has 2 aromatic carbocycles. The second kappa shape index (κ2) is 8.88. The molecule has 8 heteroatoms. The van der Waals surface area contributed by atoms with Crippen molar-refractivity contribution in [3.8, 4) is 11.5 Å². The van der Waals surface area contributed by atoms with Crippen molar-refractivity contribution in [3.05, 3.63) is 52.5 Å². The Morgan fingerprint density at radius 1 is 1.21 bits per heavy atom. The van der Waals surface area contributed by atoms with Gasteiger partial charge in [0.25, 0.3) is 0 Å². The van der Waals surface area contributed by atoms with Crippen LogP contribution in [0.5, 0.6) is 11.5 Å². The summed E-state index contributed by atoms with van der Waals surface area (Å²) in [5.74, 6) is 0.420. The van der Waals surface area contributed by atoms with Crippen LogP contribution in [0.15, 0.2) is 52.0 Å². The number of halogens is 1. The lowest BCUT2D eigenvalue weighted by molar-refractivity contribution is -0.126. The van der Waals surface area contributed by atoms with Crippen LogP contribution in [0.4, 0.5) is 5.69 Å². The minimum atomic E-state index is -0.458. The van der Waals surface area contributed by atoms with Gasteiger partial charge >= 0.3 is 0 Å². The molecule has 0 radical (unpaired) electrons. The molecular formula is C20H20BrN3O4. The predicted octanol–water partition coefficient (Wildman–Crippen LogP) is 2.97. The topological polar surface area (TPSA) is 80.2 Å². The first kappa shape index (κ1) is 19.9. The molecule has 1 saturated heterocycles. The summed E-state index contributed by atoms with van der Waals surface area (Å²) in [6.45, 7) is 0.324. The van der Waals surface area contributed by atoms with E-state index in [9.17, 15) is 9.59 Å².